The molecule has 9 nitrogen and oxygen atoms in total. The number of benzene rings is 1. The summed E-state index contributed by atoms with van der Waals surface area (Å²) in [5, 5.41) is 16.8. The molecule has 0 saturated carbocycles. The number of nitrogens with one attached hydrogen (secondary N) is 2. The first-order chi connectivity index (χ1) is 19.3. The molecule has 5 atom stereocenters. The number of nitrogens with two attached hydrogens (primary N) is 1. The molecule has 5 N–H and O–H groups in total. The first kappa shape index (κ1) is 39.9. The second kappa shape index (κ2) is 20.8. The van der Waals surface area contributed by atoms with Gasteiger partial charge in [-0.3, -0.25) is 9.59 Å². The Labute approximate surface area is 260 Å². The first-order valence-electron chi connectivity index (χ1n) is 15.1. The molecule has 0 radical (unpaired) electrons. The van der Waals surface area contributed by atoms with Crippen molar-refractivity contribution in [3.8, 4) is 11.5 Å². The van der Waals surface area contributed by atoms with Crippen LogP contribution in [-0.2, 0) is 20.7 Å². The zero-order valence-electron chi connectivity index (χ0n) is 27.3. The van der Waals surface area contributed by atoms with Crippen LogP contribution in [0.15, 0.2) is 18.2 Å². The molecule has 0 spiro atoms. The monoisotopic (exact) mass is 615 g/mol. The van der Waals surface area contributed by atoms with Crippen LogP contribution in [0.4, 0.5) is 0 Å². The van der Waals surface area contributed by atoms with Crippen LogP contribution in [-0.4, -0.2) is 69.6 Å². The average Bonchev–Trinajstić information content (AvgIpc) is 2.92. The van der Waals surface area contributed by atoms with Gasteiger partial charge in [0.25, 0.3) is 0 Å². The molecule has 0 aliphatic rings. The number of carbonyl (C=O) groups excluding carboxylic acids is 2. The summed E-state index contributed by atoms with van der Waals surface area (Å²) in [5.41, 5.74) is 7.68. The van der Waals surface area contributed by atoms with E-state index in [-0.39, 0.29) is 60.9 Å². The highest BCUT2D eigenvalue weighted by molar-refractivity contribution is 5.85. The fraction of sp³-hybridized carbons (Fsp3) is 0.750. The average molecular weight is 616 g/mol. The molecular formula is C32H58ClN3O6. The second-order valence-electron chi connectivity index (χ2n) is 12.2. The van der Waals surface area contributed by atoms with Crippen LogP contribution in [0.5, 0.6) is 11.5 Å². The van der Waals surface area contributed by atoms with E-state index in [0.29, 0.717) is 37.1 Å². The van der Waals surface area contributed by atoms with Crippen molar-refractivity contribution in [2.45, 2.75) is 91.8 Å². The van der Waals surface area contributed by atoms with Crippen LogP contribution in [0.3, 0.4) is 0 Å². The smallest absolute Gasteiger partial charge is 0.223 e. The van der Waals surface area contributed by atoms with Crippen LogP contribution >= 0.6 is 12.4 Å². The van der Waals surface area contributed by atoms with E-state index >= 15 is 0 Å². The Balaban J connectivity index is 0.0000168. The summed E-state index contributed by atoms with van der Waals surface area (Å²) in [6, 6.07) is 5.23. The topological polar surface area (TPSA) is 132 Å². The number of hydrogen-bond acceptors (Lipinski definition) is 7. The maximum absolute atomic E-state index is 13.3. The number of carbonyl (C=O) groups is 2. The minimum Gasteiger partial charge on any atom is -0.493 e. The van der Waals surface area contributed by atoms with Gasteiger partial charge in [-0.05, 0) is 60.6 Å². The standard InChI is InChI=1S/C32H57N3O6.ClH/c1-20(2)24(15-23-11-12-29(40-9)30(16-23)41-14-10-13-39-8)17-26(33)28(36)18-25(21(3)4)32(38)35-27(22(5)6)19-31(37)34-7;/h11-12,16,20-22,24-28,36H,10,13-15,17-19,33H2,1-9H3,(H,34,37)(H,35,38);1H/t24-,25-,26-,27+,28-;/m0./s1. The normalized spacial score (nSPS) is 15.0. The van der Waals surface area contributed by atoms with Gasteiger partial charge in [-0.2, -0.15) is 0 Å². The molecule has 0 aliphatic heterocycles. The van der Waals surface area contributed by atoms with E-state index in [1.807, 2.05) is 45.9 Å². The summed E-state index contributed by atoms with van der Waals surface area (Å²) in [4.78, 5) is 25.2. The lowest BCUT2D eigenvalue weighted by Gasteiger charge is -2.31. The molecule has 0 aliphatic carbocycles. The highest BCUT2D eigenvalue weighted by atomic mass is 35.5. The van der Waals surface area contributed by atoms with Crippen molar-refractivity contribution in [3.63, 3.8) is 0 Å². The van der Waals surface area contributed by atoms with Gasteiger partial charge in [-0.1, -0.05) is 47.6 Å². The zero-order valence-corrected chi connectivity index (χ0v) is 28.1. The summed E-state index contributed by atoms with van der Waals surface area (Å²) in [6.45, 7) is 13.4. The van der Waals surface area contributed by atoms with Gasteiger partial charge in [0.05, 0.1) is 19.8 Å². The maximum Gasteiger partial charge on any atom is 0.223 e. The number of halogens is 1. The Morgan fingerprint density at radius 3 is 2.14 bits per heavy atom. The molecule has 244 valence electrons. The molecule has 0 bridgehead atoms. The lowest BCUT2D eigenvalue weighted by Crippen LogP contribution is -2.47. The van der Waals surface area contributed by atoms with Crippen LogP contribution in [0.2, 0.25) is 0 Å². The first-order valence-corrected chi connectivity index (χ1v) is 15.1. The van der Waals surface area contributed by atoms with Gasteiger partial charge < -0.3 is 35.7 Å². The molecule has 0 fully saturated rings. The van der Waals surface area contributed by atoms with Gasteiger partial charge in [0.1, 0.15) is 0 Å². The minimum absolute atomic E-state index is 0. The van der Waals surface area contributed by atoms with Crippen molar-refractivity contribution < 1.29 is 28.9 Å². The zero-order chi connectivity index (χ0) is 31.1. The molecule has 0 saturated heterocycles. The van der Waals surface area contributed by atoms with Crippen LogP contribution in [0.1, 0.15) is 72.8 Å². The van der Waals surface area contributed by atoms with E-state index < -0.39 is 18.1 Å². The van der Waals surface area contributed by atoms with E-state index in [9.17, 15) is 14.7 Å². The summed E-state index contributed by atoms with van der Waals surface area (Å²) in [7, 11) is 4.89. The van der Waals surface area contributed by atoms with Crippen molar-refractivity contribution in [3.05, 3.63) is 23.8 Å². The molecule has 1 rings (SSSR count). The van der Waals surface area contributed by atoms with Crippen LogP contribution in [0, 0.1) is 29.6 Å². The Bertz CT molecular complexity index is 914. The molecule has 0 aromatic heterocycles. The van der Waals surface area contributed by atoms with E-state index in [0.717, 1.165) is 18.4 Å². The molecule has 0 heterocycles. The minimum atomic E-state index is -0.832. The lowest BCUT2D eigenvalue weighted by atomic mass is 9.80. The maximum atomic E-state index is 13.3. The molecule has 10 heteroatoms. The van der Waals surface area contributed by atoms with Gasteiger partial charge >= 0.3 is 0 Å². The van der Waals surface area contributed by atoms with E-state index in [4.69, 9.17) is 19.9 Å². The predicted octanol–water partition coefficient (Wildman–Crippen LogP) is 4.36. The molecule has 0 unspecified atom stereocenters. The Morgan fingerprint density at radius 2 is 1.62 bits per heavy atom. The van der Waals surface area contributed by atoms with Gasteiger partial charge in [-0.15, -0.1) is 12.4 Å². The number of methoxy groups -OCH3 is 2. The fourth-order valence-corrected chi connectivity index (χ4v) is 4.91. The van der Waals surface area contributed by atoms with Crippen molar-refractivity contribution >= 4 is 24.2 Å². The molecular weight excluding hydrogens is 558 g/mol. The molecule has 42 heavy (non-hydrogen) atoms. The number of hydrogen-bond donors (Lipinski definition) is 4. The van der Waals surface area contributed by atoms with E-state index in [1.165, 1.54) is 0 Å². The summed E-state index contributed by atoms with van der Waals surface area (Å²) in [5.74, 6) is 1.37. The molecule has 2 amide bonds. The highest BCUT2D eigenvalue weighted by Gasteiger charge is 2.31. The number of aliphatic hydroxyl groups is 1. The second-order valence-corrected chi connectivity index (χ2v) is 12.2. The number of ether oxygens (including phenoxy) is 3. The SMILES string of the molecule is CNC(=O)C[C@@H](NC(=O)[C@@H](C[C@H](O)[C@@H](N)C[C@H](Cc1ccc(OC)c(OCCCOC)c1)C(C)C)C(C)C)C(C)C.Cl. The molecule has 1 aromatic rings. The van der Waals surface area contributed by atoms with Crippen LogP contribution < -0.4 is 25.8 Å². The van der Waals surface area contributed by atoms with Crippen molar-refractivity contribution in [1.29, 1.82) is 0 Å². The fourth-order valence-electron chi connectivity index (χ4n) is 4.91. The van der Waals surface area contributed by atoms with Crippen molar-refractivity contribution in [1.82, 2.24) is 10.6 Å². The van der Waals surface area contributed by atoms with E-state index in [1.54, 1.807) is 21.3 Å². The summed E-state index contributed by atoms with van der Waals surface area (Å²) >= 11 is 0. The van der Waals surface area contributed by atoms with Gasteiger partial charge in [0, 0.05) is 51.6 Å². The van der Waals surface area contributed by atoms with Crippen molar-refractivity contribution in [2.24, 2.45) is 35.3 Å². The van der Waals surface area contributed by atoms with Crippen molar-refractivity contribution in [2.75, 3.05) is 34.5 Å². The number of rotatable bonds is 20. The lowest BCUT2D eigenvalue weighted by molar-refractivity contribution is -0.129. The Hall–Kier alpha value is -2.07. The quantitative estimate of drug-likeness (QED) is 0.160. The highest BCUT2D eigenvalue weighted by Crippen LogP contribution is 2.32. The van der Waals surface area contributed by atoms with Gasteiger partial charge in [-0.25, -0.2) is 0 Å². The Kier molecular flexibility index (Phi) is 19.7. The van der Waals surface area contributed by atoms with Gasteiger partial charge in [0.2, 0.25) is 11.8 Å². The summed E-state index contributed by atoms with van der Waals surface area (Å²) < 4.78 is 16.6. The number of aliphatic hydroxyl groups excluding tert-OH is 1. The largest absolute Gasteiger partial charge is 0.493 e. The van der Waals surface area contributed by atoms with Crippen LogP contribution in [0.25, 0.3) is 0 Å². The van der Waals surface area contributed by atoms with Gasteiger partial charge in [0.15, 0.2) is 11.5 Å². The third-order valence-corrected chi connectivity index (χ3v) is 7.94. The molecule has 1 aromatic carbocycles. The third-order valence-electron chi connectivity index (χ3n) is 7.94. The predicted molar refractivity (Wildman–Crippen MR) is 171 cm³/mol. The third kappa shape index (κ3) is 13.9. The number of amides is 2. The van der Waals surface area contributed by atoms with E-state index in [2.05, 4.69) is 24.5 Å². The summed E-state index contributed by atoms with van der Waals surface area (Å²) in [6.07, 6.45) is 1.83. The Morgan fingerprint density at radius 1 is 0.952 bits per heavy atom.